The van der Waals surface area contributed by atoms with Gasteiger partial charge >= 0.3 is 6.18 Å². The molecule has 2 aliphatic rings. The number of quaternary nitrogens is 1. The number of rotatable bonds is 6. The first-order valence-electron chi connectivity index (χ1n) is 12.6. The minimum absolute atomic E-state index is 0.00476. The van der Waals surface area contributed by atoms with Crippen molar-refractivity contribution in [2.45, 2.75) is 76.7 Å². The summed E-state index contributed by atoms with van der Waals surface area (Å²) >= 11 is 1.33. The van der Waals surface area contributed by atoms with E-state index in [2.05, 4.69) is 4.99 Å². The standard InChI is InChI=1S/C26H34F3N3O4S/c1-25(2,3)22-15-31(14-19-8-6-12-35-19)24(37-22)30-23(33)20-13-17(26(27,28)29)9-10-21(20)36-16-18-7-5-11-32(18,4)34/h9-10,13,15,18-19H,5-8,11-12,14,16H2,1-4H3/b30-24-/t18-,19-,32?/m1/s1. The Morgan fingerprint density at radius 3 is 2.62 bits per heavy atom. The predicted molar refractivity (Wildman–Crippen MR) is 134 cm³/mol. The van der Waals surface area contributed by atoms with Crippen LogP contribution in [0.1, 0.15) is 67.3 Å². The summed E-state index contributed by atoms with van der Waals surface area (Å²) in [5.41, 5.74) is -1.44. The largest absolute Gasteiger partial charge is 0.633 e. The van der Waals surface area contributed by atoms with Crippen LogP contribution in [0, 0.1) is 5.21 Å². The maximum Gasteiger partial charge on any atom is 0.416 e. The maximum absolute atomic E-state index is 13.5. The molecule has 0 bridgehead atoms. The number of likely N-dealkylation sites (tertiary alicyclic amines) is 1. The number of hydroxylamine groups is 3. The van der Waals surface area contributed by atoms with Crippen LogP contribution in [0.2, 0.25) is 0 Å². The van der Waals surface area contributed by atoms with Gasteiger partial charge in [-0.1, -0.05) is 20.8 Å². The number of aromatic nitrogens is 1. The third kappa shape index (κ3) is 6.63. The molecule has 2 aromatic rings. The lowest BCUT2D eigenvalue weighted by atomic mass is 9.95. The Hall–Kier alpha value is -2.21. The molecule has 2 aliphatic heterocycles. The molecule has 7 nitrogen and oxygen atoms in total. The number of halogens is 3. The Kier molecular flexibility index (Phi) is 7.90. The second-order valence-corrected chi connectivity index (χ2v) is 12.1. The van der Waals surface area contributed by atoms with E-state index in [9.17, 15) is 23.2 Å². The highest BCUT2D eigenvalue weighted by molar-refractivity contribution is 7.09. The normalized spacial score (nSPS) is 25.1. The van der Waals surface area contributed by atoms with Gasteiger partial charge in [0.15, 0.2) is 4.80 Å². The molecule has 1 unspecified atom stereocenters. The molecule has 1 amide bonds. The quantitative estimate of drug-likeness (QED) is 0.369. The van der Waals surface area contributed by atoms with E-state index >= 15 is 0 Å². The summed E-state index contributed by atoms with van der Waals surface area (Å²) in [6.45, 7) is 7.80. The van der Waals surface area contributed by atoms with Gasteiger partial charge in [0.25, 0.3) is 5.91 Å². The zero-order valence-electron chi connectivity index (χ0n) is 21.6. The fourth-order valence-electron chi connectivity index (χ4n) is 4.62. The smallest absolute Gasteiger partial charge is 0.416 e. The molecule has 4 rings (SSSR count). The van der Waals surface area contributed by atoms with Crippen LogP contribution in [0.3, 0.4) is 0 Å². The topological polar surface area (TPSA) is 75.9 Å². The van der Waals surface area contributed by atoms with Gasteiger partial charge in [-0.25, -0.2) is 0 Å². The number of likely N-dealkylation sites (N-methyl/N-ethyl adjacent to an activating group) is 1. The molecule has 2 fully saturated rings. The highest BCUT2D eigenvalue weighted by atomic mass is 32.1. The van der Waals surface area contributed by atoms with Crippen molar-refractivity contribution in [3.05, 3.63) is 50.4 Å². The molecular formula is C26H34F3N3O4S. The van der Waals surface area contributed by atoms with Crippen molar-refractivity contribution >= 4 is 17.2 Å². The number of thiazole rings is 1. The Morgan fingerprint density at radius 1 is 1.27 bits per heavy atom. The van der Waals surface area contributed by atoms with Crippen molar-refractivity contribution in [1.82, 2.24) is 4.57 Å². The molecule has 0 saturated carbocycles. The summed E-state index contributed by atoms with van der Waals surface area (Å²) in [5, 5.41) is 12.6. The SMILES string of the molecule is CC(C)(C)c1cn(C[C@H]2CCCO2)/c(=N/C(=O)c2cc(C(F)(F)F)ccc2OC[C@H]2CCC[N+]2(C)[O-])s1. The Bertz CT molecular complexity index is 1190. The first-order valence-corrected chi connectivity index (χ1v) is 13.4. The Labute approximate surface area is 218 Å². The number of benzene rings is 1. The van der Waals surface area contributed by atoms with Gasteiger partial charge in [0, 0.05) is 30.5 Å². The van der Waals surface area contributed by atoms with E-state index in [1.54, 1.807) is 7.05 Å². The van der Waals surface area contributed by atoms with Gasteiger partial charge in [-0.15, -0.1) is 11.3 Å². The first-order chi connectivity index (χ1) is 17.2. The summed E-state index contributed by atoms with van der Waals surface area (Å²) in [5.74, 6) is -0.831. The molecule has 0 spiro atoms. The van der Waals surface area contributed by atoms with E-state index in [4.69, 9.17) is 9.47 Å². The molecule has 1 aromatic carbocycles. The molecule has 37 heavy (non-hydrogen) atoms. The third-order valence-corrected chi connectivity index (χ3v) is 8.41. The zero-order chi connectivity index (χ0) is 27.0. The van der Waals surface area contributed by atoms with Crippen LogP contribution >= 0.6 is 11.3 Å². The second kappa shape index (κ2) is 10.5. The summed E-state index contributed by atoms with van der Waals surface area (Å²) in [6, 6.07) is 2.46. The summed E-state index contributed by atoms with van der Waals surface area (Å²) < 4.78 is 53.4. The predicted octanol–water partition coefficient (Wildman–Crippen LogP) is 5.27. The number of carbonyl (C=O) groups is 1. The van der Waals surface area contributed by atoms with E-state index in [1.807, 2.05) is 31.5 Å². The number of nitrogens with zero attached hydrogens (tertiary/aromatic N) is 3. The Morgan fingerprint density at radius 2 is 2.03 bits per heavy atom. The van der Waals surface area contributed by atoms with Crippen molar-refractivity contribution < 1.29 is 32.1 Å². The van der Waals surface area contributed by atoms with Gasteiger partial charge in [0.1, 0.15) is 18.4 Å². The molecule has 0 aliphatic carbocycles. The third-order valence-electron chi connectivity index (χ3n) is 6.96. The molecule has 204 valence electrons. The monoisotopic (exact) mass is 541 g/mol. The lowest BCUT2D eigenvalue weighted by Gasteiger charge is -2.39. The number of hydrogen-bond donors (Lipinski definition) is 0. The van der Waals surface area contributed by atoms with E-state index in [0.29, 0.717) is 30.9 Å². The summed E-state index contributed by atoms with van der Waals surface area (Å²) in [6.07, 6.45) is 0.560. The molecule has 3 heterocycles. The van der Waals surface area contributed by atoms with Gasteiger partial charge in [-0.05, 0) is 36.5 Å². The van der Waals surface area contributed by atoms with Gasteiger partial charge in [0.2, 0.25) is 0 Å². The van der Waals surface area contributed by atoms with Gasteiger partial charge < -0.3 is 23.9 Å². The van der Waals surface area contributed by atoms with Crippen molar-refractivity contribution in [2.75, 3.05) is 26.8 Å². The van der Waals surface area contributed by atoms with Crippen LogP contribution in [0.15, 0.2) is 29.4 Å². The first kappa shape index (κ1) is 27.8. The van der Waals surface area contributed by atoms with Crippen molar-refractivity contribution in [2.24, 2.45) is 4.99 Å². The minimum Gasteiger partial charge on any atom is -0.633 e. The number of hydrogen-bond acceptors (Lipinski definition) is 5. The average Bonchev–Trinajstić information content (AvgIpc) is 3.52. The summed E-state index contributed by atoms with van der Waals surface area (Å²) in [7, 11) is 1.56. The van der Waals surface area contributed by atoms with Crippen molar-refractivity contribution in [1.29, 1.82) is 0 Å². The number of amides is 1. The zero-order valence-corrected chi connectivity index (χ0v) is 22.5. The lowest BCUT2D eigenvalue weighted by Crippen LogP contribution is -2.45. The van der Waals surface area contributed by atoms with Crippen LogP contribution < -0.4 is 9.54 Å². The molecule has 3 atom stereocenters. The maximum atomic E-state index is 13.5. The fourth-order valence-corrected chi connectivity index (χ4v) is 5.68. The van der Waals surface area contributed by atoms with Crippen LogP contribution in [-0.4, -0.2) is 54.1 Å². The van der Waals surface area contributed by atoms with Gasteiger partial charge in [-0.3, -0.25) is 4.79 Å². The van der Waals surface area contributed by atoms with Gasteiger partial charge in [0.05, 0.1) is 37.4 Å². The summed E-state index contributed by atoms with van der Waals surface area (Å²) in [4.78, 5) is 19.0. The fraction of sp³-hybridized carbons (Fsp3) is 0.615. The van der Waals surface area contributed by atoms with Crippen molar-refractivity contribution in [3.63, 3.8) is 0 Å². The number of ether oxygens (including phenoxy) is 2. The van der Waals surface area contributed by atoms with E-state index in [-0.39, 0.29) is 35.5 Å². The number of alkyl halides is 3. The van der Waals surface area contributed by atoms with Gasteiger partial charge in [-0.2, -0.15) is 18.2 Å². The molecule has 11 heteroatoms. The molecule has 2 saturated heterocycles. The molecule has 1 aromatic heterocycles. The molecule has 0 N–H and O–H groups in total. The van der Waals surface area contributed by atoms with Crippen LogP contribution in [0.4, 0.5) is 13.2 Å². The van der Waals surface area contributed by atoms with E-state index in [1.165, 1.54) is 11.3 Å². The van der Waals surface area contributed by atoms with Crippen LogP contribution in [0.25, 0.3) is 0 Å². The Balaban J connectivity index is 1.70. The van der Waals surface area contributed by atoms with E-state index in [0.717, 1.165) is 42.3 Å². The average molecular weight is 542 g/mol. The highest BCUT2D eigenvalue weighted by Crippen LogP contribution is 2.34. The molecular weight excluding hydrogens is 507 g/mol. The highest BCUT2D eigenvalue weighted by Gasteiger charge is 2.34. The van der Waals surface area contributed by atoms with E-state index < -0.39 is 22.3 Å². The molecule has 0 radical (unpaired) electrons. The lowest BCUT2D eigenvalue weighted by molar-refractivity contribution is -0.873. The second-order valence-electron chi connectivity index (χ2n) is 11.0. The van der Waals surface area contributed by atoms with Crippen LogP contribution in [0.5, 0.6) is 5.75 Å². The van der Waals surface area contributed by atoms with Crippen LogP contribution in [-0.2, 0) is 22.9 Å². The number of carbonyl (C=O) groups excluding carboxylic acids is 1. The minimum atomic E-state index is -4.63. The van der Waals surface area contributed by atoms with Crippen molar-refractivity contribution in [3.8, 4) is 5.75 Å².